The zero-order valence-corrected chi connectivity index (χ0v) is 21.1. The van der Waals surface area contributed by atoms with Crippen LogP contribution in [0.1, 0.15) is 55.7 Å². The molecule has 33 heavy (non-hydrogen) atoms. The minimum Gasteiger partial charge on any atom is -0.296 e. The molecule has 0 atom stereocenters. The molecule has 0 fully saturated rings. The molecule has 8 heteroatoms. The average Bonchev–Trinajstić information content (AvgIpc) is 3.11. The number of benzene rings is 2. The summed E-state index contributed by atoms with van der Waals surface area (Å²) in [5.41, 5.74) is 2.10. The van der Waals surface area contributed by atoms with E-state index in [4.69, 9.17) is 34.8 Å². The number of hydrogen-bond acceptors (Lipinski definition) is 3. The van der Waals surface area contributed by atoms with E-state index in [1.54, 1.807) is 37.3 Å². The number of nitrogens with one attached hydrogen (secondary N) is 1. The zero-order valence-electron chi connectivity index (χ0n) is 18.8. The number of nitrogens with zero attached hydrogens (tertiary/aromatic N) is 2. The molecule has 0 aliphatic carbocycles. The Labute approximate surface area is 209 Å². The van der Waals surface area contributed by atoms with Gasteiger partial charge in [-0.15, -0.1) is 0 Å². The van der Waals surface area contributed by atoms with E-state index in [1.807, 2.05) is 30.5 Å². The van der Waals surface area contributed by atoms with Crippen molar-refractivity contribution in [3.63, 3.8) is 0 Å². The Kier molecular flexibility index (Phi) is 8.57. The fourth-order valence-electron chi connectivity index (χ4n) is 3.85. The van der Waals surface area contributed by atoms with Crippen LogP contribution in [0.4, 0.5) is 0 Å². The lowest BCUT2D eigenvalue weighted by atomic mass is 9.97. The third-order valence-electron chi connectivity index (χ3n) is 5.46. The van der Waals surface area contributed by atoms with Crippen LogP contribution in [0.3, 0.4) is 0 Å². The topological polar surface area (TPSA) is 64.0 Å². The Morgan fingerprint density at radius 2 is 1.58 bits per heavy atom. The quantitative estimate of drug-likeness (QED) is 0.349. The molecule has 3 rings (SSSR count). The van der Waals surface area contributed by atoms with Gasteiger partial charge in [0.25, 0.3) is 5.91 Å². The van der Waals surface area contributed by atoms with Crippen LogP contribution >= 0.6 is 34.8 Å². The van der Waals surface area contributed by atoms with Crippen molar-refractivity contribution in [1.82, 2.24) is 14.9 Å². The summed E-state index contributed by atoms with van der Waals surface area (Å²) in [5, 5.41) is 4.03. The van der Waals surface area contributed by atoms with Gasteiger partial charge in [-0.05, 0) is 62.2 Å². The van der Waals surface area contributed by atoms with Crippen molar-refractivity contribution in [2.24, 2.45) is 5.92 Å². The Morgan fingerprint density at radius 1 is 0.970 bits per heavy atom. The van der Waals surface area contributed by atoms with Gasteiger partial charge in [-0.25, -0.2) is 4.98 Å². The second kappa shape index (κ2) is 11.2. The highest BCUT2D eigenvalue weighted by Gasteiger charge is 2.26. The van der Waals surface area contributed by atoms with E-state index >= 15 is 0 Å². The van der Waals surface area contributed by atoms with Gasteiger partial charge in [-0.3, -0.25) is 19.5 Å². The second-order valence-electron chi connectivity index (χ2n) is 7.90. The van der Waals surface area contributed by atoms with Crippen LogP contribution in [-0.4, -0.2) is 21.4 Å². The molecule has 0 saturated heterocycles. The molecule has 1 N–H and O–H groups in total. The van der Waals surface area contributed by atoms with Crippen molar-refractivity contribution in [3.05, 3.63) is 68.9 Å². The summed E-state index contributed by atoms with van der Waals surface area (Å²) in [4.78, 5) is 30.5. The van der Waals surface area contributed by atoms with Gasteiger partial charge in [0.05, 0.1) is 10.7 Å². The van der Waals surface area contributed by atoms with Crippen LogP contribution in [0, 0.1) is 12.8 Å². The van der Waals surface area contributed by atoms with Crippen LogP contribution in [0.2, 0.25) is 15.1 Å². The molecule has 0 bridgehead atoms. The fraction of sp³-hybridized carbons (Fsp3) is 0.320. The molecule has 1 heterocycles. The van der Waals surface area contributed by atoms with Crippen molar-refractivity contribution < 1.29 is 9.59 Å². The molecule has 0 radical (unpaired) electrons. The highest BCUT2D eigenvalue weighted by Crippen LogP contribution is 2.33. The third-order valence-corrected chi connectivity index (χ3v) is 6.26. The van der Waals surface area contributed by atoms with Crippen LogP contribution in [0.15, 0.2) is 42.5 Å². The van der Waals surface area contributed by atoms with Gasteiger partial charge < -0.3 is 0 Å². The molecule has 3 aromatic rings. The van der Waals surface area contributed by atoms with Gasteiger partial charge in [-0.2, -0.15) is 0 Å². The molecule has 0 unspecified atom stereocenters. The number of rotatable bonds is 8. The maximum Gasteiger partial charge on any atom is 0.278 e. The molecule has 5 nitrogen and oxygen atoms in total. The summed E-state index contributed by atoms with van der Waals surface area (Å²) in [6.45, 7) is 5.83. The van der Waals surface area contributed by atoms with Crippen LogP contribution < -0.4 is 5.32 Å². The third kappa shape index (κ3) is 5.78. The molecule has 0 aliphatic rings. The van der Waals surface area contributed by atoms with E-state index in [1.165, 1.54) is 0 Å². The number of imide groups is 1. The second-order valence-corrected chi connectivity index (χ2v) is 9.18. The molecular formula is C25H26Cl3N3O2. The van der Waals surface area contributed by atoms with Gasteiger partial charge in [0, 0.05) is 27.2 Å². The molecule has 2 aromatic carbocycles. The minimum absolute atomic E-state index is 0.158. The van der Waals surface area contributed by atoms with Crippen LogP contribution in [0.5, 0.6) is 0 Å². The van der Waals surface area contributed by atoms with Crippen LogP contribution in [-0.2, 0) is 4.79 Å². The number of hydrogen-bond donors (Lipinski definition) is 1. The largest absolute Gasteiger partial charge is 0.296 e. The molecule has 1 aromatic heterocycles. The van der Waals surface area contributed by atoms with Crippen molar-refractivity contribution in [2.75, 3.05) is 0 Å². The maximum atomic E-state index is 13.1. The van der Waals surface area contributed by atoms with Crippen molar-refractivity contribution >= 4 is 46.6 Å². The lowest BCUT2D eigenvalue weighted by molar-refractivity contribution is -0.124. The average molecular weight is 507 g/mol. The van der Waals surface area contributed by atoms with E-state index in [0.29, 0.717) is 32.1 Å². The van der Waals surface area contributed by atoms with Crippen molar-refractivity contribution in [3.8, 4) is 17.1 Å². The summed E-state index contributed by atoms with van der Waals surface area (Å²) in [7, 11) is 0. The van der Waals surface area contributed by atoms with Gasteiger partial charge in [-0.1, -0.05) is 61.5 Å². The van der Waals surface area contributed by atoms with Crippen LogP contribution in [0.25, 0.3) is 17.1 Å². The smallest absolute Gasteiger partial charge is 0.278 e. The first-order chi connectivity index (χ1) is 15.8. The van der Waals surface area contributed by atoms with E-state index in [-0.39, 0.29) is 17.5 Å². The predicted octanol–water partition coefficient (Wildman–Crippen LogP) is 7.28. The fourth-order valence-corrected chi connectivity index (χ4v) is 4.47. The highest BCUT2D eigenvalue weighted by atomic mass is 35.5. The Hall–Kier alpha value is -2.34. The Balaban J connectivity index is 2.07. The van der Waals surface area contributed by atoms with E-state index in [9.17, 15) is 9.59 Å². The van der Waals surface area contributed by atoms with Gasteiger partial charge in [0.15, 0.2) is 5.69 Å². The normalized spacial score (nSPS) is 11.1. The molecule has 2 amide bonds. The van der Waals surface area contributed by atoms with Gasteiger partial charge in [0.2, 0.25) is 5.91 Å². The summed E-state index contributed by atoms with van der Waals surface area (Å²) in [5.74, 6) is -0.537. The molecule has 0 saturated carbocycles. The number of imidazole rings is 1. The summed E-state index contributed by atoms with van der Waals surface area (Å²) < 4.78 is 1.82. The first-order valence-electron chi connectivity index (χ1n) is 10.9. The number of amides is 2. The van der Waals surface area contributed by atoms with Crippen molar-refractivity contribution in [2.45, 2.75) is 46.5 Å². The number of aromatic nitrogens is 2. The van der Waals surface area contributed by atoms with Gasteiger partial charge in [0.1, 0.15) is 5.82 Å². The van der Waals surface area contributed by atoms with E-state index in [0.717, 1.165) is 31.4 Å². The standard InChI is InChI=1S/C25H26Cl3N3O2/c1-4-6-16(7-5-2)24(32)30-25(33)22-15(3)31(19-11-8-17(26)9-12-19)23(29-22)20-13-10-18(27)14-21(20)28/h8-14,16H,4-7H2,1-3H3,(H,30,32,33). The molecule has 0 aliphatic heterocycles. The zero-order chi connectivity index (χ0) is 24.1. The first-order valence-corrected chi connectivity index (χ1v) is 12.1. The highest BCUT2D eigenvalue weighted by molar-refractivity contribution is 6.36. The summed E-state index contributed by atoms with van der Waals surface area (Å²) >= 11 is 18.6. The number of carbonyl (C=O) groups is 2. The monoisotopic (exact) mass is 505 g/mol. The number of halogens is 3. The molecular weight excluding hydrogens is 481 g/mol. The molecule has 174 valence electrons. The maximum absolute atomic E-state index is 13.1. The summed E-state index contributed by atoms with van der Waals surface area (Å²) in [6.07, 6.45) is 3.21. The SMILES string of the molecule is CCCC(CCC)C(=O)NC(=O)c1nc(-c2ccc(Cl)cc2Cl)n(-c2ccc(Cl)cc2)c1C. The Morgan fingerprint density at radius 3 is 2.15 bits per heavy atom. The van der Waals surface area contributed by atoms with Crippen molar-refractivity contribution in [1.29, 1.82) is 0 Å². The lowest BCUT2D eigenvalue weighted by Crippen LogP contribution is -2.36. The summed E-state index contributed by atoms with van der Waals surface area (Å²) in [6, 6.07) is 12.3. The minimum atomic E-state index is -0.534. The predicted molar refractivity (Wildman–Crippen MR) is 135 cm³/mol. The number of carbonyl (C=O) groups excluding carboxylic acids is 2. The van der Waals surface area contributed by atoms with Gasteiger partial charge >= 0.3 is 0 Å². The van der Waals surface area contributed by atoms with E-state index in [2.05, 4.69) is 10.3 Å². The lowest BCUT2D eigenvalue weighted by Gasteiger charge is -2.14. The molecule has 0 spiro atoms. The Bertz CT molecular complexity index is 1150. The first kappa shape index (κ1) is 25.3. The van der Waals surface area contributed by atoms with E-state index < -0.39 is 5.91 Å².